The lowest BCUT2D eigenvalue weighted by Crippen LogP contribution is -2.45. The van der Waals surface area contributed by atoms with Gasteiger partial charge in [0.15, 0.2) is 0 Å². The molecule has 1 unspecified atom stereocenters. The number of aryl methyl sites for hydroxylation is 1. The van der Waals surface area contributed by atoms with Crippen LogP contribution in [-0.2, 0) is 16.6 Å². The Labute approximate surface area is 165 Å². The van der Waals surface area contributed by atoms with Gasteiger partial charge in [-0.15, -0.1) is 0 Å². The number of imidazole rings is 1. The number of piperidine rings is 1. The zero-order valence-electron chi connectivity index (χ0n) is 16.5. The molecule has 5 heteroatoms. The molecule has 0 bridgehead atoms. The first-order valence-electron chi connectivity index (χ1n) is 9.55. The van der Waals surface area contributed by atoms with Crippen molar-refractivity contribution < 1.29 is 4.79 Å². The molecule has 4 rings (SSSR count). The Bertz CT molecular complexity index is 891. The normalized spacial score (nSPS) is 22.7. The predicted octanol–water partition coefficient (Wildman–Crippen LogP) is 4.55. The van der Waals surface area contributed by atoms with Crippen molar-refractivity contribution in [1.29, 1.82) is 0 Å². The molecule has 4 nitrogen and oxygen atoms in total. The van der Waals surface area contributed by atoms with Gasteiger partial charge in [0.25, 0.3) is 0 Å². The Hall–Kier alpha value is -1.85. The maximum absolute atomic E-state index is 12.2. The fourth-order valence-electron chi connectivity index (χ4n) is 4.07. The monoisotopic (exact) mass is 381 g/mol. The van der Waals surface area contributed by atoms with Gasteiger partial charge in [0.1, 0.15) is 12.1 Å². The fourth-order valence-corrected chi connectivity index (χ4v) is 5.10. The van der Waals surface area contributed by atoms with E-state index in [0.29, 0.717) is 0 Å². The minimum Gasteiger partial charge on any atom is -0.346 e. The maximum atomic E-state index is 12.2. The van der Waals surface area contributed by atoms with Crippen LogP contribution in [0.25, 0.3) is 6.08 Å². The number of hydrogen-bond acceptors (Lipinski definition) is 4. The first-order chi connectivity index (χ1) is 12.8. The quantitative estimate of drug-likeness (QED) is 0.626. The Morgan fingerprint density at radius 1 is 1.26 bits per heavy atom. The van der Waals surface area contributed by atoms with E-state index in [1.807, 2.05) is 6.92 Å². The molecule has 1 saturated heterocycles. The van der Waals surface area contributed by atoms with Gasteiger partial charge in [-0.3, -0.25) is 0 Å². The molecular weight excluding hydrogens is 354 g/mol. The summed E-state index contributed by atoms with van der Waals surface area (Å²) in [6, 6.07) is 8.82. The third kappa shape index (κ3) is 3.50. The molecule has 1 aromatic carbocycles. The topological polar surface area (TPSA) is 49.0 Å². The number of carbonyl (C=O) groups excluding carboxylic acids is 1. The van der Waals surface area contributed by atoms with Crippen molar-refractivity contribution >= 4 is 24.3 Å². The first-order valence-corrected chi connectivity index (χ1v) is 10.3. The van der Waals surface area contributed by atoms with E-state index in [-0.39, 0.29) is 5.41 Å². The van der Waals surface area contributed by atoms with E-state index in [1.165, 1.54) is 16.0 Å². The van der Waals surface area contributed by atoms with Gasteiger partial charge in [0.2, 0.25) is 0 Å². The van der Waals surface area contributed by atoms with Crippen LogP contribution in [0.1, 0.15) is 50.0 Å². The van der Waals surface area contributed by atoms with Crippen molar-refractivity contribution in [2.24, 2.45) is 5.41 Å². The largest absolute Gasteiger partial charge is 0.346 e. The van der Waals surface area contributed by atoms with Crippen LogP contribution in [0.2, 0.25) is 0 Å². The van der Waals surface area contributed by atoms with Crippen LogP contribution in [0.15, 0.2) is 34.7 Å². The molecule has 2 heterocycles. The third-order valence-electron chi connectivity index (χ3n) is 5.64. The second-order valence-corrected chi connectivity index (χ2v) is 9.96. The number of benzene rings is 1. The summed E-state index contributed by atoms with van der Waals surface area (Å²) in [5.41, 5.74) is 4.41. The summed E-state index contributed by atoms with van der Waals surface area (Å²) in [6.07, 6.45) is 4.93. The van der Waals surface area contributed by atoms with Crippen LogP contribution in [0.4, 0.5) is 0 Å². The molecule has 27 heavy (non-hydrogen) atoms. The second-order valence-electron chi connectivity index (χ2n) is 8.79. The van der Waals surface area contributed by atoms with Gasteiger partial charge >= 0.3 is 0 Å². The Morgan fingerprint density at radius 2 is 2.00 bits per heavy atom. The standard InChI is InChI=1S/C22H27N3OS/c1-15-23-19-11-17-9-10-25(13-22(17,14-26)12-20(19)24-15)27-18-7-5-16(6-8-18)21(2,3)4/h5-8,11,14H,9-10,12-13H2,1-4H3,(H,23,24). The number of rotatable bonds is 3. The molecule has 0 radical (unpaired) electrons. The maximum Gasteiger partial charge on any atom is 0.131 e. The van der Waals surface area contributed by atoms with Crippen molar-refractivity contribution in [3.63, 3.8) is 0 Å². The van der Waals surface area contributed by atoms with Gasteiger partial charge in [0.05, 0.1) is 11.1 Å². The van der Waals surface area contributed by atoms with Crippen LogP contribution in [-0.4, -0.2) is 33.6 Å². The number of fused-ring (bicyclic) bond motifs is 2. The number of hydrogen-bond donors (Lipinski definition) is 1. The lowest BCUT2D eigenvalue weighted by molar-refractivity contribution is -0.115. The van der Waals surface area contributed by atoms with Gasteiger partial charge in [0, 0.05) is 30.1 Å². The molecule has 0 saturated carbocycles. The molecule has 1 fully saturated rings. The summed E-state index contributed by atoms with van der Waals surface area (Å²) in [4.78, 5) is 21.3. The molecule has 1 atom stereocenters. The van der Waals surface area contributed by atoms with E-state index in [4.69, 9.17) is 0 Å². The highest BCUT2D eigenvalue weighted by Gasteiger charge is 2.43. The molecule has 1 aliphatic heterocycles. The van der Waals surface area contributed by atoms with E-state index in [1.54, 1.807) is 11.9 Å². The van der Waals surface area contributed by atoms with Crippen molar-refractivity contribution in [2.45, 2.75) is 50.8 Å². The smallest absolute Gasteiger partial charge is 0.131 e. The summed E-state index contributed by atoms with van der Waals surface area (Å²) in [7, 11) is 0. The van der Waals surface area contributed by atoms with Crippen LogP contribution < -0.4 is 0 Å². The number of aldehydes is 1. The summed E-state index contributed by atoms with van der Waals surface area (Å²) >= 11 is 1.76. The minimum atomic E-state index is -0.428. The molecule has 0 spiro atoms. The lowest BCUT2D eigenvalue weighted by atomic mass is 9.71. The highest BCUT2D eigenvalue weighted by molar-refractivity contribution is 7.97. The van der Waals surface area contributed by atoms with Crippen molar-refractivity contribution in [1.82, 2.24) is 14.3 Å². The second kappa shape index (κ2) is 6.64. The van der Waals surface area contributed by atoms with Crippen LogP contribution in [0.3, 0.4) is 0 Å². The molecular formula is C22H27N3OS. The summed E-state index contributed by atoms with van der Waals surface area (Å²) in [6.45, 7) is 10.4. The van der Waals surface area contributed by atoms with Gasteiger partial charge < -0.3 is 9.78 Å². The summed E-state index contributed by atoms with van der Waals surface area (Å²) < 4.78 is 2.34. The highest BCUT2D eigenvalue weighted by Crippen LogP contribution is 2.44. The van der Waals surface area contributed by atoms with Gasteiger partial charge in [-0.2, -0.15) is 0 Å². The SMILES string of the molecule is Cc1nc2c([nH]1)CC1(C=O)CN(Sc3ccc(C(C)(C)C)cc3)CCC1=C2. The van der Waals surface area contributed by atoms with E-state index < -0.39 is 5.41 Å². The minimum absolute atomic E-state index is 0.164. The Balaban J connectivity index is 1.52. The zero-order chi connectivity index (χ0) is 19.2. The Kier molecular flexibility index (Phi) is 4.55. The van der Waals surface area contributed by atoms with Gasteiger partial charge in [-0.05, 0) is 54.5 Å². The molecule has 1 N–H and O–H groups in total. The van der Waals surface area contributed by atoms with Gasteiger partial charge in [-0.25, -0.2) is 9.29 Å². The van der Waals surface area contributed by atoms with E-state index in [2.05, 4.69) is 65.4 Å². The molecule has 2 aliphatic rings. The van der Waals surface area contributed by atoms with E-state index in [9.17, 15) is 4.79 Å². The number of nitrogens with one attached hydrogen (secondary N) is 1. The number of nitrogens with zero attached hydrogens (tertiary/aromatic N) is 2. The molecule has 142 valence electrons. The predicted molar refractivity (Wildman–Crippen MR) is 111 cm³/mol. The number of H-pyrrole nitrogens is 1. The zero-order valence-corrected chi connectivity index (χ0v) is 17.3. The van der Waals surface area contributed by atoms with Crippen LogP contribution in [0.5, 0.6) is 0 Å². The van der Waals surface area contributed by atoms with Gasteiger partial charge in [-0.1, -0.05) is 38.5 Å². The Morgan fingerprint density at radius 3 is 2.67 bits per heavy atom. The molecule has 1 aliphatic carbocycles. The van der Waals surface area contributed by atoms with E-state index >= 15 is 0 Å². The van der Waals surface area contributed by atoms with E-state index in [0.717, 1.165) is 49.4 Å². The van der Waals surface area contributed by atoms with Crippen molar-refractivity contribution in [3.05, 3.63) is 52.6 Å². The highest BCUT2D eigenvalue weighted by atomic mass is 32.2. The summed E-state index contributed by atoms with van der Waals surface area (Å²) in [5.74, 6) is 0.918. The lowest BCUT2D eigenvalue weighted by Gasteiger charge is -2.42. The van der Waals surface area contributed by atoms with Crippen LogP contribution in [0, 0.1) is 12.3 Å². The average molecular weight is 382 g/mol. The van der Waals surface area contributed by atoms with Crippen LogP contribution >= 0.6 is 11.9 Å². The first kappa shape index (κ1) is 18.5. The van der Waals surface area contributed by atoms with Crippen molar-refractivity contribution in [2.75, 3.05) is 13.1 Å². The number of aromatic amines is 1. The molecule has 0 amide bonds. The third-order valence-corrected chi connectivity index (χ3v) is 6.69. The average Bonchev–Trinajstić information content (AvgIpc) is 2.97. The fraction of sp³-hybridized carbons (Fsp3) is 0.455. The molecule has 1 aromatic heterocycles. The number of aromatic nitrogens is 2. The summed E-state index contributed by atoms with van der Waals surface area (Å²) in [5, 5.41) is 0. The van der Waals surface area contributed by atoms with Crippen molar-refractivity contribution in [3.8, 4) is 0 Å². The molecule has 2 aromatic rings. The number of carbonyl (C=O) groups is 1.